The molecule has 0 atom stereocenters. The van der Waals surface area contributed by atoms with E-state index in [4.69, 9.17) is 4.74 Å². The van der Waals surface area contributed by atoms with Gasteiger partial charge >= 0.3 is 0 Å². The molecule has 3 aromatic rings. The normalized spacial score (nSPS) is 11.0. The number of carbonyl (C=O) groups is 1. The molecule has 180 valence electrons. The molecule has 3 rings (SSSR count). The summed E-state index contributed by atoms with van der Waals surface area (Å²) >= 11 is 0. The van der Waals surface area contributed by atoms with Crippen LogP contribution in [0, 0.1) is 0 Å². The van der Waals surface area contributed by atoms with Gasteiger partial charge in [-0.1, -0.05) is 36.4 Å². The fourth-order valence-corrected chi connectivity index (χ4v) is 5.03. The first kappa shape index (κ1) is 25.1. The summed E-state index contributed by atoms with van der Waals surface area (Å²) in [5.74, 6) is 0.0922. The third kappa shape index (κ3) is 6.08. The van der Waals surface area contributed by atoms with Crippen molar-refractivity contribution >= 4 is 27.3 Å². The highest BCUT2D eigenvalue weighted by atomic mass is 32.2. The minimum atomic E-state index is -3.97. The summed E-state index contributed by atoms with van der Waals surface area (Å²) in [5.41, 5.74) is 2.41. The van der Waals surface area contributed by atoms with Crippen LogP contribution < -0.4 is 19.3 Å². The quantitative estimate of drug-likeness (QED) is 0.447. The number of amides is 1. The summed E-state index contributed by atoms with van der Waals surface area (Å²) < 4.78 is 33.2. The van der Waals surface area contributed by atoms with Gasteiger partial charge in [0.15, 0.2) is 0 Å². The van der Waals surface area contributed by atoms with Crippen LogP contribution in [0.5, 0.6) is 5.75 Å². The lowest BCUT2D eigenvalue weighted by Gasteiger charge is -2.24. The molecule has 3 aromatic carbocycles. The highest BCUT2D eigenvalue weighted by Crippen LogP contribution is 2.26. The molecule has 0 heterocycles. The Morgan fingerprint density at radius 1 is 0.882 bits per heavy atom. The molecular formula is C26H31N3O4S. The molecule has 0 radical (unpaired) electrons. The molecule has 0 unspecified atom stereocenters. The third-order valence-electron chi connectivity index (χ3n) is 5.51. The van der Waals surface area contributed by atoms with Crippen molar-refractivity contribution in [3.8, 4) is 5.75 Å². The lowest BCUT2D eigenvalue weighted by Crippen LogP contribution is -2.40. The Hall–Kier alpha value is -3.52. The maximum atomic E-state index is 13.4. The second kappa shape index (κ2) is 11.6. The van der Waals surface area contributed by atoms with E-state index in [0.717, 1.165) is 28.6 Å². The van der Waals surface area contributed by atoms with Crippen molar-refractivity contribution in [1.29, 1.82) is 0 Å². The van der Waals surface area contributed by atoms with Crippen LogP contribution in [0.25, 0.3) is 0 Å². The summed E-state index contributed by atoms with van der Waals surface area (Å²) in [6.07, 6.45) is 0. The van der Waals surface area contributed by atoms with Gasteiger partial charge in [-0.3, -0.25) is 9.10 Å². The Labute approximate surface area is 202 Å². The van der Waals surface area contributed by atoms with Crippen molar-refractivity contribution in [2.45, 2.75) is 25.3 Å². The first-order valence-electron chi connectivity index (χ1n) is 11.2. The summed E-state index contributed by atoms with van der Waals surface area (Å²) in [6.45, 7) is 5.99. The smallest absolute Gasteiger partial charge is 0.264 e. The molecule has 0 aliphatic carbocycles. The average molecular weight is 482 g/mol. The molecule has 0 aromatic heterocycles. The van der Waals surface area contributed by atoms with Gasteiger partial charge in [-0.25, -0.2) is 8.42 Å². The molecular weight excluding hydrogens is 450 g/mol. The van der Waals surface area contributed by atoms with E-state index in [1.165, 1.54) is 19.2 Å². The molecule has 0 spiro atoms. The van der Waals surface area contributed by atoms with Crippen molar-refractivity contribution in [2.24, 2.45) is 0 Å². The van der Waals surface area contributed by atoms with Gasteiger partial charge in [0.2, 0.25) is 5.91 Å². The molecule has 0 saturated carbocycles. The van der Waals surface area contributed by atoms with Crippen molar-refractivity contribution in [1.82, 2.24) is 5.32 Å². The Balaban J connectivity index is 1.78. The lowest BCUT2D eigenvalue weighted by molar-refractivity contribution is -0.119. The summed E-state index contributed by atoms with van der Waals surface area (Å²) in [7, 11) is -2.46. The first-order chi connectivity index (χ1) is 16.4. The van der Waals surface area contributed by atoms with Crippen LogP contribution in [-0.2, 0) is 21.4 Å². The van der Waals surface area contributed by atoms with Crippen LogP contribution in [0.1, 0.15) is 19.4 Å². The summed E-state index contributed by atoms with van der Waals surface area (Å²) in [4.78, 5) is 15.2. The van der Waals surface area contributed by atoms with E-state index in [-0.39, 0.29) is 11.4 Å². The average Bonchev–Trinajstić information content (AvgIpc) is 2.88. The molecule has 0 saturated heterocycles. The number of methoxy groups -OCH3 is 1. The molecule has 34 heavy (non-hydrogen) atoms. The number of carbonyl (C=O) groups excluding carboxylic acids is 1. The molecule has 1 amide bonds. The monoisotopic (exact) mass is 481 g/mol. The fourth-order valence-electron chi connectivity index (χ4n) is 3.60. The van der Waals surface area contributed by atoms with E-state index >= 15 is 0 Å². The van der Waals surface area contributed by atoms with Crippen molar-refractivity contribution in [3.63, 3.8) is 0 Å². The van der Waals surface area contributed by atoms with Gasteiger partial charge in [0.1, 0.15) is 12.3 Å². The number of hydrogen-bond acceptors (Lipinski definition) is 5. The SMILES string of the molecule is CCN(CC)c1ccc(CNC(=O)CN(c2cccc(OC)c2)S(=O)(=O)c2ccccc2)cc1. The second-order valence-corrected chi connectivity index (χ2v) is 9.50. The highest BCUT2D eigenvalue weighted by Gasteiger charge is 2.27. The van der Waals surface area contributed by atoms with Gasteiger partial charge in [0, 0.05) is 31.4 Å². The van der Waals surface area contributed by atoms with E-state index in [2.05, 4.69) is 24.1 Å². The maximum absolute atomic E-state index is 13.4. The number of rotatable bonds is 11. The predicted octanol–water partition coefficient (Wildman–Crippen LogP) is 4.05. The largest absolute Gasteiger partial charge is 0.497 e. The first-order valence-corrected chi connectivity index (χ1v) is 12.7. The molecule has 0 bridgehead atoms. The van der Waals surface area contributed by atoms with Crippen LogP contribution in [0.3, 0.4) is 0 Å². The zero-order valence-electron chi connectivity index (χ0n) is 19.8. The van der Waals surface area contributed by atoms with Gasteiger partial charge in [-0.2, -0.15) is 0 Å². The molecule has 1 N–H and O–H groups in total. The highest BCUT2D eigenvalue weighted by molar-refractivity contribution is 7.92. The predicted molar refractivity (Wildman–Crippen MR) is 136 cm³/mol. The molecule has 8 heteroatoms. The zero-order valence-corrected chi connectivity index (χ0v) is 20.6. The number of anilines is 2. The Bertz CT molecular complexity index is 1180. The maximum Gasteiger partial charge on any atom is 0.264 e. The van der Waals surface area contributed by atoms with Gasteiger partial charge < -0.3 is 15.0 Å². The lowest BCUT2D eigenvalue weighted by atomic mass is 10.2. The standard InChI is InChI=1S/C26H31N3O4S/c1-4-28(5-2)22-16-14-21(15-17-22)19-27-26(30)20-29(23-10-9-11-24(18-23)33-3)34(31,32)25-12-7-6-8-13-25/h6-18H,4-5,19-20H2,1-3H3,(H,27,30). The van der Waals surface area contributed by atoms with Gasteiger partial charge in [-0.05, 0) is 55.8 Å². The molecule has 0 aliphatic rings. The zero-order chi connectivity index (χ0) is 24.6. The molecule has 0 fully saturated rings. The minimum absolute atomic E-state index is 0.109. The summed E-state index contributed by atoms with van der Waals surface area (Å²) in [6, 6.07) is 22.7. The number of nitrogens with zero attached hydrogens (tertiary/aromatic N) is 2. The van der Waals surface area contributed by atoms with E-state index in [1.54, 1.807) is 42.5 Å². The number of ether oxygens (including phenoxy) is 1. The van der Waals surface area contributed by atoms with Crippen LogP contribution in [0.4, 0.5) is 11.4 Å². The second-order valence-electron chi connectivity index (χ2n) is 7.64. The van der Waals surface area contributed by atoms with Crippen LogP contribution in [0.15, 0.2) is 83.8 Å². The minimum Gasteiger partial charge on any atom is -0.497 e. The van der Waals surface area contributed by atoms with Crippen molar-refractivity contribution < 1.29 is 17.9 Å². The number of benzene rings is 3. The van der Waals surface area contributed by atoms with E-state index in [0.29, 0.717) is 18.0 Å². The van der Waals surface area contributed by atoms with Crippen molar-refractivity contribution in [3.05, 3.63) is 84.4 Å². The van der Waals surface area contributed by atoms with Gasteiger partial charge in [0.25, 0.3) is 10.0 Å². The molecule has 7 nitrogen and oxygen atoms in total. The van der Waals surface area contributed by atoms with Gasteiger partial charge in [0.05, 0.1) is 17.7 Å². The molecule has 0 aliphatic heterocycles. The van der Waals surface area contributed by atoms with E-state index in [1.807, 2.05) is 24.3 Å². The Kier molecular flexibility index (Phi) is 8.54. The van der Waals surface area contributed by atoms with E-state index < -0.39 is 15.9 Å². The van der Waals surface area contributed by atoms with E-state index in [9.17, 15) is 13.2 Å². The number of sulfonamides is 1. The Morgan fingerprint density at radius 2 is 1.56 bits per heavy atom. The fraction of sp³-hybridized carbons (Fsp3) is 0.269. The number of nitrogens with one attached hydrogen (secondary N) is 1. The number of hydrogen-bond donors (Lipinski definition) is 1. The topological polar surface area (TPSA) is 79.0 Å². The summed E-state index contributed by atoms with van der Waals surface area (Å²) in [5, 5.41) is 2.84. The third-order valence-corrected chi connectivity index (χ3v) is 7.30. The Morgan fingerprint density at radius 3 is 2.18 bits per heavy atom. The van der Waals surface area contributed by atoms with Crippen LogP contribution in [-0.4, -0.2) is 41.1 Å². The van der Waals surface area contributed by atoms with Crippen LogP contribution >= 0.6 is 0 Å². The van der Waals surface area contributed by atoms with Crippen molar-refractivity contribution in [2.75, 3.05) is 35.9 Å². The van der Waals surface area contributed by atoms with Crippen LogP contribution in [0.2, 0.25) is 0 Å². The van der Waals surface area contributed by atoms with Gasteiger partial charge in [-0.15, -0.1) is 0 Å².